The molecule has 3 heteroatoms. The Hall–Kier alpha value is -0.120. The second kappa shape index (κ2) is 4.81. The van der Waals surface area contributed by atoms with Gasteiger partial charge in [0.25, 0.3) is 0 Å². The van der Waals surface area contributed by atoms with Crippen LogP contribution in [-0.4, -0.2) is 42.8 Å². The first-order valence-electron chi connectivity index (χ1n) is 6.28. The molecule has 1 aliphatic carbocycles. The van der Waals surface area contributed by atoms with E-state index in [2.05, 4.69) is 18.7 Å². The Balaban J connectivity index is 1.94. The van der Waals surface area contributed by atoms with Gasteiger partial charge in [-0.25, -0.2) is 0 Å². The van der Waals surface area contributed by atoms with Gasteiger partial charge < -0.3 is 10.5 Å². The number of rotatable bonds is 1. The van der Waals surface area contributed by atoms with Gasteiger partial charge in [-0.1, -0.05) is 6.92 Å². The molecular formula is C12H24N2O. The zero-order chi connectivity index (χ0) is 10.8. The number of hydrogen-bond acceptors (Lipinski definition) is 3. The number of ether oxygens (including phenoxy) is 1. The fourth-order valence-corrected chi connectivity index (χ4v) is 2.94. The van der Waals surface area contributed by atoms with E-state index < -0.39 is 0 Å². The average molecular weight is 212 g/mol. The van der Waals surface area contributed by atoms with E-state index in [0.717, 1.165) is 25.6 Å². The molecule has 2 aliphatic rings. The minimum Gasteiger partial charge on any atom is -0.376 e. The predicted octanol–water partition coefficient (Wildman–Crippen LogP) is 1.22. The van der Waals surface area contributed by atoms with Crippen LogP contribution in [-0.2, 0) is 4.74 Å². The molecule has 0 bridgehead atoms. The first kappa shape index (κ1) is 11.4. The van der Waals surface area contributed by atoms with Gasteiger partial charge in [0, 0.05) is 25.2 Å². The van der Waals surface area contributed by atoms with Crippen molar-refractivity contribution in [3.8, 4) is 0 Å². The normalized spacial score (nSPS) is 44.2. The summed E-state index contributed by atoms with van der Waals surface area (Å²) in [5.74, 6) is 0.841. The molecule has 0 aromatic rings. The van der Waals surface area contributed by atoms with Crippen molar-refractivity contribution < 1.29 is 4.74 Å². The lowest BCUT2D eigenvalue weighted by Crippen LogP contribution is -2.55. The highest BCUT2D eigenvalue weighted by atomic mass is 16.5. The standard InChI is InChI=1S/C12H24N2O/c1-9-3-4-11(13)12(7-9)14-5-6-15-10(2)8-14/h9-12H,3-8,13H2,1-2H3. The molecule has 0 aromatic carbocycles. The summed E-state index contributed by atoms with van der Waals surface area (Å²) in [5, 5.41) is 0. The Labute approximate surface area is 93.0 Å². The second-order valence-corrected chi connectivity index (χ2v) is 5.33. The summed E-state index contributed by atoms with van der Waals surface area (Å²) >= 11 is 0. The van der Waals surface area contributed by atoms with Crippen molar-refractivity contribution in [3.63, 3.8) is 0 Å². The topological polar surface area (TPSA) is 38.5 Å². The Morgan fingerprint density at radius 2 is 2.07 bits per heavy atom. The van der Waals surface area contributed by atoms with Gasteiger partial charge in [0.1, 0.15) is 0 Å². The Morgan fingerprint density at radius 1 is 1.27 bits per heavy atom. The molecule has 4 atom stereocenters. The zero-order valence-electron chi connectivity index (χ0n) is 9.98. The highest BCUT2D eigenvalue weighted by Gasteiger charge is 2.32. The van der Waals surface area contributed by atoms with Gasteiger partial charge in [0.05, 0.1) is 12.7 Å². The van der Waals surface area contributed by atoms with Gasteiger partial charge in [0.15, 0.2) is 0 Å². The second-order valence-electron chi connectivity index (χ2n) is 5.33. The Bertz CT molecular complexity index is 210. The van der Waals surface area contributed by atoms with Crippen LogP contribution in [0.5, 0.6) is 0 Å². The molecular weight excluding hydrogens is 188 g/mol. The van der Waals surface area contributed by atoms with Crippen molar-refractivity contribution in [2.24, 2.45) is 11.7 Å². The number of nitrogens with two attached hydrogens (primary N) is 1. The average Bonchev–Trinajstić information content (AvgIpc) is 2.22. The van der Waals surface area contributed by atoms with Crippen LogP contribution in [0.15, 0.2) is 0 Å². The minimum absolute atomic E-state index is 0.378. The highest BCUT2D eigenvalue weighted by molar-refractivity contribution is 4.89. The lowest BCUT2D eigenvalue weighted by atomic mass is 9.82. The molecule has 2 fully saturated rings. The van der Waals surface area contributed by atoms with Crippen molar-refractivity contribution in [1.29, 1.82) is 0 Å². The summed E-state index contributed by atoms with van der Waals surface area (Å²) in [4.78, 5) is 2.55. The smallest absolute Gasteiger partial charge is 0.0674 e. The van der Waals surface area contributed by atoms with Crippen molar-refractivity contribution >= 4 is 0 Å². The molecule has 0 spiro atoms. The van der Waals surface area contributed by atoms with Gasteiger partial charge >= 0.3 is 0 Å². The predicted molar refractivity (Wildman–Crippen MR) is 61.8 cm³/mol. The summed E-state index contributed by atoms with van der Waals surface area (Å²) in [7, 11) is 0. The van der Waals surface area contributed by atoms with Crippen molar-refractivity contribution in [2.45, 2.75) is 51.3 Å². The zero-order valence-corrected chi connectivity index (χ0v) is 9.98. The maximum Gasteiger partial charge on any atom is 0.0674 e. The minimum atomic E-state index is 0.378. The highest BCUT2D eigenvalue weighted by Crippen LogP contribution is 2.27. The molecule has 88 valence electrons. The molecule has 2 rings (SSSR count). The van der Waals surface area contributed by atoms with E-state index in [-0.39, 0.29) is 0 Å². The first-order valence-corrected chi connectivity index (χ1v) is 6.28. The maximum atomic E-state index is 6.24. The molecule has 1 aliphatic heterocycles. The van der Waals surface area contributed by atoms with Gasteiger partial charge in [-0.2, -0.15) is 0 Å². The lowest BCUT2D eigenvalue weighted by Gasteiger charge is -2.43. The van der Waals surface area contributed by atoms with Crippen molar-refractivity contribution in [1.82, 2.24) is 4.90 Å². The van der Waals surface area contributed by atoms with Crippen LogP contribution in [0, 0.1) is 5.92 Å². The van der Waals surface area contributed by atoms with Gasteiger partial charge in [-0.3, -0.25) is 4.90 Å². The van der Waals surface area contributed by atoms with E-state index in [1.807, 2.05) is 0 Å². The third-order valence-electron chi connectivity index (χ3n) is 3.87. The van der Waals surface area contributed by atoms with E-state index in [9.17, 15) is 0 Å². The number of morpholine rings is 1. The third kappa shape index (κ3) is 2.71. The molecule has 1 saturated heterocycles. The first-order chi connectivity index (χ1) is 7.16. The van der Waals surface area contributed by atoms with E-state index in [0.29, 0.717) is 18.2 Å². The molecule has 4 unspecified atom stereocenters. The van der Waals surface area contributed by atoms with Crippen molar-refractivity contribution in [2.75, 3.05) is 19.7 Å². The van der Waals surface area contributed by atoms with Gasteiger partial charge in [-0.15, -0.1) is 0 Å². The molecule has 0 amide bonds. The summed E-state index contributed by atoms with van der Waals surface area (Å²) in [6.45, 7) is 7.51. The van der Waals surface area contributed by atoms with Crippen LogP contribution >= 0.6 is 0 Å². The number of hydrogen-bond donors (Lipinski definition) is 1. The van der Waals surface area contributed by atoms with Crippen molar-refractivity contribution in [3.05, 3.63) is 0 Å². The molecule has 2 N–H and O–H groups in total. The maximum absolute atomic E-state index is 6.24. The molecule has 1 saturated carbocycles. The van der Waals surface area contributed by atoms with E-state index >= 15 is 0 Å². The molecule has 1 heterocycles. The van der Waals surface area contributed by atoms with E-state index in [1.54, 1.807) is 0 Å². The summed E-state index contributed by atoms with van der Waals surface area (Å²) < 4.78 is 5.58. The molecule has 15 heavy (non-hydrogen) atoms. The van der Waals surface area contributed by atoms with Crippen LogP contribution < -0.4 is 5.73 Å². The molecule has 3 nitrogen and oxygen atoms in total. The summed E-state index contributed by atoms with van der Waals surface area (Å²) in [6, 6.07) is 0.978. The third-order valence-corrected chi connectivity index (χ3v) is 3.87. The van der Waals surface area contributed by atoms with Crippen LogP contribution in [0.3, 0.4) is 0 Å². The van der Waals surface area contributed by atoms with Crippen LogP contribution in [0.4, 0.5) is 0 Å². The monoisotopic (exact) mass is 212 g/mol. The fraction of sp³-hybridized carbons (Fsp3) is 1.00. The fourth-order valence-electron chi connectivity index (χ4n) is 2.94. The van der Waals surface area contributed by atoms with Crippen LogP contribution in [0.2, 0.25) is 0 Å². The van der Waals surface area contributed by atoms with Gasteiger partial charge in [-0.05, 0) is 32.1 Å². The SMILES string of the molecule is CC1CCC(N)C(N2CCOC(C)C2)C1. The molecule has 0 radical (unpaired) electrons. The van der Waals surface area contributed by atoms with Gasteiger partial charge in [0.2, 0.25) is 0 Å². The summed E-state index contributed by atoms with van der Waals surface area (Å²) in [5.41, 5.74) is 6.24. The van der Waals surface area contributed by atoms with E-state index in [4.69, 9.17) is 10.5 Å². The largest absolute Gasteiger partial charge is 0.376 e. The van der Waals surface area contributed by atoms with Crippen LogP contribution in [0.1, 0.15) is 33.1 Å². The number of nitrogens with zero attached hydrogens (tertiary/aromatic N) is 1. The van der Waals surface area contributed by atoms with E-state index in [1.165, 1.54) is 19.3 Å². The summed E-state index contributed by atoms with van der Waals surface area (Å²) in [6.07, 6.45) is 4.14. The lowest BCUT2D eigenvalue weighted by molar-refractivity contribution is -0.0456. The molecule has 0 aromatic heterocycles. The van der Waals surface area contributed by atoms with Crippen LogP contribution in [0.25, 0.3) is 0 Å². The Kier molecular flexibility index (Phi) is 3.65. The quantitative estimate of drug-likeness (QED) is 0.710. The Morgan fingerprint density at radius 3 is 2.80 bits per heavy atom.